The first kappa shape index (κ1) is 16.3. The maximum atomic E-state index is 3.60. The van der Waals surface area contributed by atoms with Crippen LogP contribution in [-0.4, -0.2) is 44.7 Å². The van der Waals surface area contributed by atoms with Gasteiger partial charge in [-0.1, -0.05) is 31.5 Å². The van der Waals surface area contributed by atoms with E-state index in [1.807, 2.05) is 0 Å². The number of benzene rings is 1. The Morgan fingerprint density at radius 3 is 2.71 bits per heavy atom. The molecule has 1 aromatic carbocycles. The van der Waals surface area contributed by atoms with Crippen LogP contribution in [0.3, 0.4) is 0 Å². The number of rotatable bonds is 5. The molecule has 2 rings (SSSR count). The maximum Gasteiger partial charge on any atom is 0.0412 e. The lowest BCUT2D eigenvalue weighted by Gasteiger charge is -2.26. The maximum absolute atomic E-state index is 3.60. The summed E-state index contributed by atoms with van der Waals surface area (Å²) >= 11 is 0. The second kappa shape index (κ2) is 7.81. The quantitative estimate of drug-likeness (QED) is 0.899. The molecule has 0 bridgehead atoms. The minimum Gasteiger partial charge on any atom is -0.370 e. The highest BCUT2D eigenvalue weighted by atomic mass is 15.2. The fraction of sp³-hybridized carbons (Fsp3) is 0.667. The molecule has 1 fully saturated rings. The number of nitrogens with one attached hydrogen (secondary N) is 1. The predicted octanol–water partition coefficient (Wildman–Crippen LogP) is 2.88. The highest BCUT2D eigenvalue weighted by Gasteiger charge is 2.15. The van der Waals surface area contributed by atoms with E-state index in [1.54, 1.807) is 0 Å². The van der Waals surface area contributed by atoms with Gasteiger partial charge in [0, 0.05) is 31.9 Å². The monoisotopic (exact) mass is 289 g/mol. The zero-order valence-electron chi connectivity index (χ0n) is 14.2. The van der Waals surface area contributed by atoms with Gasteiger partial charge < -0.3 is 15.1 Å². The first-order chi connectivity index (χ1) is 10.1. The largest absolute Gasteiger partial charge is 0.370 e. The van der Waals surface area contributed by atoms with Crippen LogP contribution in [0.15, 0.2) is 18.2 Å². The molecule has 3 heteroatoms. The van der Waals surface area contributed by atoms with Gasteiger partial charge in [-0.3, -0.25) is 0 Å². The molecule has 3 nitrogen and oxygen atoms in total. The van der Waals surface area contributed by atoms with Gasteiger partial charge in [-0.2, -0.15) is 0 Å². The molecule has 1 saturated heterocycles. The normalized spacial score (nSPS) is 17.3. The average molecular weight is 289 g/mol. The summed E-state index contributed by atoms with van der Waals surface area (Å²) in [6.45, 7) is 13.4. The van der Waals surface area contributed by atoms with Crippen LogP contribution in [0, 0.1) is 12.8 Å². The second-order valence-corrected chi connectivity index (χ2v) is 6.80. The van der Waals surface area contributed by atoms with Gasteiger partial charge in [0.1, 0.15) is 0 Å². The number of anilines is 1. The summed E-state index contributed by atoms with van der Waals surface area (Å²) in [5, 5.41) is 3.60. The van der Waals surface area contributed by atoms with Gasteiger partial charge in [-0.25, -0.2) is 0 Å². The number of likely N-dealkylation sites (N-methyl/N-ethyl adjacent to an activating group) is 1. The Bertz CT molecular complexity index is 442. The number of hydrogen-bond donors (Lipinski definition) is 1. The van der Waals surface area contributed by atoms with Crippen LogP contribution in [0.4, 0.5) is 5.69 Å². The standard InChI is InChI=1S/C18H31N3/c1-15(2)13-19-14-17-12-16(3)6-7-18(17)21-9-5-8-20(4)10-11-21/h6-7,12,15,19H,5,8-11,13-14H2,1-4H3. The van der Waals surface area contributed by atoms with E-state index in [0.29, 0.717) is 5.92 Å². The summed E-state index contributed by atoms with van der Waals surface area (Å²) in [5.74, 6) is 0.699. The van der Waals surface area contributed by atoms with Crippen LogP contribution in [-0.2, 0) is 6.54 Å². The van der Waals surface area contributed by atoms with Gasteiger partial charge in [0.2, 0.25) is 0 Å². The van der Waals surface area contributed by atoms with Crippen LogP contribution >= 0.6 is 0 Å². The van der Waals surface area contributed by atoms with Gasteiger partial charge in [-0.15, -0.1) is 0 Å². The summed E-state index contributed by atoms with van der Waals surface area (Å²) in [4.78, 5) is 5.00. The van der Waals surface area contributed by atoms with Gasteiger partial charge in [0.05, 0.1) is 0 Å². The van der Waals surface area contributed by atoms with E-state index in [1.165, 1.54) is 36.3 Å². The predicted molar refractivity (Wildman–Crippen MR) is 92.1 cm³/mol. The van der Waals surface area contributed by atoms with Gasteiger partial charge >= 0.3 is 0 Å². The highest BCUT2D eigenvalue weighted by Crippen LogP contribution is 2.23. The lowest BCUT2D eigenvalue weighted by molar-refractivity contribution is 0.360. The van der Waals surface area contributed by atoms with E-state index in [0.717, 1.165) is 26.2 Å². The van der Waals surface area contributed by atoms with Crippen LogP contribution in [0.5, 0.6) is 0 Å². The molecule has 1 aliphatic rings. The van der Waals surface area contributed by atoms with Crippen molar-refractivity contribution in [2.75, 3.05) is 44.7 Å². The van der Waals surface area contributed by atoms with E-state index in [9.17, 15) is 0 Å². The smallest absolute Gasteiger partial charge is 0.0412 e. The molecule has 0 amide bonds. The highest BCUT2D eigenvalue weighted by molar-refractivity contribution is 5.55. The molecule has 1 aliphatic heterocycles. The lowest BCUT2D eigenvalue weighted by Crippen LogP contribution is -2.30. The van der Waals surface area contributed by atoms with E-state index in [-0.39, 0.29) is 0 Å². The molecule has 0 aromatic heterocycles. The van der Waals surface area contributed by atoms with Crippen LogP contribution in [0.25, 0.3) is 0 Å². The number of aryl methyl sites for hydroxylation is 1. The second-order valence-electron chi connectivity index (χ2n) is 6.80. The summed E-state index contributed by atoms with van der Waals surface area (Å²) in [5.41, 5.74) is 4.22. The first-order valence-corrected chi connectivity index (χ1v) is 8.30. The van der Waals surface area contributed by atoms with E-state index < -0.39 is 0 Å². The van der Waals surface area contributed by atoms with Crippen LogP contribution < -0.4 is 10.2 Å². The topological polar surface area (TPSA) is 18.5 Å². The third-order valence-corrected chi connectivity index (χ3v) is 4.16. The Morgan fingerprint density at radius 2 is 1.95 bits per heavy atom. The van der Waals surface area contributed by atoms with Crippen LogP contribution in [0.2, 0.25) is 0 Å². The van der Waals surface area contributed by atoms with Crippen molar-refractivity contribution < 1.29 is 0 Å². The molecule has 118 valence electrons. The van der Waals surface area contributed by atoms with Gasteiger partial charge in [0.25, 0.3) is 0 Å². The summed E-state index contributed by atoms with van der Waals surface area (Å²) in [6, 6.07) is 6.90. The Balaban J connectivity index is 2.09. The zero-order chi connectivity index (χ0) is 15.2. The lowest BCUT2D eigenvalue weighted by atomic mass is 10.1. The summed E-state index contributed by atoms with van der Waals surface area (Å²) < 4.78 is 0. The van der Waals surface area contributed by atoms with E-state index in [4.69, 9.17) is 0 Å². The summed E-state index contributed by atoms with van der Waals surface area (Å²) in [7, 11) is 2.23. The fourth-order valence-electron chi connectivity index (χ4n) is 2.95. The Morgan fingerprint density at radius 1 is 1.14 bits per heavy atom. The van der Waals surface area contributed by atoms with Crippen molar-refractivity contribution in [3.63, 3.8) is 0 Å². The fourth-order valence-corrected chi connectivity index (χ4v) is 2.95. The molecule has 0 atom stereocenters. The van der Waals surface area contributed by atoms with Crippen molar-refractivity contribution >= 4 is 5.69 Å². The molecular weight excluding hydrogens is 258 g/mol. The van der Waals surface area contributed by atoms with E-state index in [2.05, 4.69) is 61.1 Å². The molecule has 21 heavy (non-hydrogen) atoms. The zero-order valence-corrected chi connectivity index (χ0v) is 14.2. The van der Waals surface area contributed by atoms with Crippen LogP contribution in [0.1, 0.15) is 31.4 Å². The summed E-state index contributed by atoms with van der Waals surface area (Å²) in [6.07, 6.45) is 1.25. The Labute approximate surface area is 130 Å². The van der Waals surface area contributed by atoms with Crippen molar-refractivity contribution in [1.29, 1.82) is 0 Å². The number of hydrogen-bond acceptors (Lipinski definition) is 3. The molecule has 0 radical (unpaired) electrons. The Kier molecular flexibility index (Phi) is 6.07. The minimum atomic E-state index is 0.699. The van der Waals surface area contributed by atoms with E-state index >= 15 is 0 Å². The molecule has 0 aliphatic carbocycles. The first-order valence-electron chi connectivity index (χ1n) is 8.30. The molecule has 0 saturated carbocycles. The molecule has 0 unspecified atom stereocenters. The van der Waals surface area contributed by atoms with Crippen molar-refractivity contribution in [2.24, 2.45) is 5.92 Å². The van der Waals surface area contributed by atoms with Crippen molar-refractivity contribution in [3.05, 3.63) is 29.3 Å². The SMILES string of the molecule is Cc1ccc(N2CCCN(C)CC2)c(CNCC(C)C)c1. The van der Waals surface area contributed by atoms with Gasteiger partial charge in [-0.05, 0) is 51.0 Å². The Hall–Kier alpha value is -1.06. The molecule has 0 spiro atoms. The van der Waals surface area contributed by atoms with Crippen molar-refractivity contribution in [1.82, 2.24) is 10.2 Å². The minimum absolute atomic E-state index is 0.699. The van der Waals surface area contributed by atoms with Crippen molar-refractivity contribution in [3.8, 4) is 0 Å². The third-order valence-electron chi connectivity index (χ3n) is 4.16. The third kappa shape index (κ3) is 5.01. The number of nitrogens with zero attached hydrogens (tertiary/aromatic N) is 2. The molecule has 1 N–H and O–H groups in total. The molecule has 1 heterocycles. The van der Waals surface area contributed by atoms with Crippen molar-refractivity contribution in [2.45, 2.75) is 33.7 Å². The van der Waals surface area contributed by atoms with Gasteiger partial charge in [0.15, 0.2) is 0 Å². The molecule has 1 aromatic rings. The average Bonchev–Trinajstić information content (AvgIpc) is 2.63. The molecular formula is C18H31N3.